The van der Waals surface area contributed by atoms with Gasteiger partial charge in [0.15, 0.2) is 5.78 Å². The van der Waals surface area contributed by atoms with E-state index in [-0.39, 0.29) is 23.4 Å². The van der Waals surface area contributed by atoms with Gasteiger partial charge in [0, 0.05) is 17.9 Å². The summed E-state index contributed by atoms with van der Waals surface area (Å²) in [6.07, 6.45) is 0.357. The zero-order chi connectivity index (χ0) is 11.0. The third kappa shape index (κ3) is 1.60. The first kappa shape index (κ1) is 10.1. The zero-order valence-corrected chi connectivity index (χ0v) is 8.99. The van der Waals surface area contributed by atoms with E-state index in [2.05, 4.69) is 0 Å². The van der Waals surface area contributed by atoms with E-state index in [0.717, 1.165) is 11.1 Å². The second-order valence-electron chi connectivity index (χ2n) is 4.32. The van der Waals surface area contributed by atoms with E-state index in [1.807, 2.05) is 38.1 Å². The second-order valence-corrected chi connectivity index (χ2v) is 4.32. The van der Waals surface area contributed by atoms with Crippen molar-refractivity contribution in [1.82, 2.24) is 0 Å². The van der Waals surface area contributed by atoms with Crippen molar-refractivity contribution in [3.8, 4) is 0 Å². The summed E-state index contributed by atoms with van der Waals surface area (Å²) in [5, 5.41) is 0. The summed E-state index contributed by atoms with van der Waals surface area (Å²) >= 11 is 0. The first-order valence-electron chi connectivity index (χ1n) is 5.27. The number of carbonyl (C=O) groups is 2. The van der Waals surface area contributed by atoms with E-state index in [4.69, 9.17) is 0 Å². The standard InChI is InChI=1S/C13H14O2/c1-8(2)13(15)11-7-12(14)10-6-4-3-5-9(10)11/h3-6,8,11H,7H2,1-2H3. The van der Waals surface area contributed by atoms with E-state index < -0.39 is 0 Å². The highest BCUT2D eigenvalue weighted by Crippen LogP contribution is 2.34. The molecule has 0 spiro atoms. The minimum atomic E-state index is -0.200. The van der Waals surface area contributed by atoms with Gasteiger partial charge < -0.3 is 0 Å². The molecule has 1 aliphatic carbocycles. The van der Waals surface area contributed by atoms with Gasteiger partial charge in [-0.3, -0.25) is 9.59 Å². The Morgan fingerprint density at radius 1 is 1.33 bits per heavy atom. The molecule has 1 aromatic rings. The summed E-state index contributed by atoms with van der Waals surface area (Å²) in [5.74, 6) is 0.0700. The van der Waals surface area contributed by atoms with Gasteiger partial charge in [0.2, 0.25) is 0 Å². The normalized spacial score (nSPS) is 19.4. The van der Waals surface area contributed by atoms with Gasteiger partial charge in [-0.25, -0.2) is 0 Å². The van der Waals surface area contributed by atoms with E-state index in [0.29, 0.717) is 6.42 Å². The molecule has 2 nitrogen and oxygen atoms in total. The van der Waals surface area contributed by atoms with Crippen LogP contribution < -0.4 is 0 Å². The quantitative estimate of drug-likeness (QED) is 0.738. The monoisotopic (exact) mass is 202 g/mol. The maximum Gasteiger partial charge on any atom is 0.164 e. The summed E-state index contributed by atoms with van der Waals surface area (Å²) in [5.41, 5.74) is 1.65. The molecule has 78 valence electrons. The Kier molecular flexibility index (Phi) is 2.43. The SMILES string of the molecule is CC(C)C(=O)C1CC(=O)c2ccccc21. The smallest absolute Gasteiger partial charge is 0.164 e. The Labute approximate surface area is 89.3 Å². The predicted octanol–water partition coefficient (Wildman–Crippen LogP) is 2.58. The highest BCUT2D eigenvalue weighted by molar-refractivity contribution is 6.07. The molecule has 1 atom stereocenters. The average Bonchev–Trinajstić information content (AvgIpc) is 2.56. The van der Waals surface area contributed by atoms with Crippen molar-refractivity contribution < 1.29 is 9.59 Å². The molecule has 0 aromatic heterocycles. The van der Waals surface area contributed by atoms with Crippen LogP contribution in [0.1, 0.15) is 42.1 Å². The molecule has 0 saturated carbocycles. The van der Waals surface area contributed by atoms with Gasteiger partial charge in [-0.05, 0) is 5.56 Å². The fourth-order valence-corrected chi connectivity index (χ4v) is 2.12. The topological polar surface area (TPSA) is 34.1 Å². The Bertz CT molecular complexity index is 418. The van der Waals surface area contributed by atoms with Crippen LogP contribution in [0.5, 0.6) is 0 Å². The molecule has 0 saturated heterocycles. The largest absolute Gasteiger partial charge is 0.299 e. The first-order valence-corrected chi connectivity index (χ1v) is 5.27. The lowest BCUT2D eigenvalue weighted by atomic mass is 9.90. The van der Waals surface area contributed by atoms with Crippen LogP contribution in [0.25, 0.3) is 0 Å². The second kappa shape index (κ2) is 3.61. The summed E-state index contributed by atoms with van der Waals surface area (Å²) in [6.45, 7) is 3.77. The molecule has 0 amide bonds. The van der Waals surface area contributed by atoms with Crippen molar-refractivity contribution in [2.75, 3.05) is 0 Å². The molecule has 1 unspecified atom stereocenters. The summed E-state index contributed by atoms with van der Waals surface area (Å²) < 4.78 is 0. The average molecular weight is 202 g/mol. The van der Waals surface area contributed by atoms with Crippen LogP contribution in [0.2, 0.25) is 0 Å². The van der Waals surface area contributed by atoms with Crippen LogP contribution >= 0.6 is 0 Å². The lowest BCUT2D eigenvalue weighted by molar-refractivity contribution is -0.123. The molecule has 0 fully saturated rings. The number of carbonyl (C=O) groups excluding carboxylic acids is 2. The Morgan fingerprint density at radius 3 is 2.67 bits per heavy atom. The van der Waals surface area contributed by atoms with Crippen molar-refractivity contribution in [2.45, 2.75) is 26.2 Å². The predicted molar refractivity (Wildman–Crippen MR) is 58.0 cm³/mol. The van der Waals surface area contributed by atoms with Crippen molar-refractivity contribution in [3.05, 3.63) is 35.4 Å². The Morgan fingerprint density at radius 2 is 2.00 bits per heavy atom. The van der Waals surface area contributed by atoms with Crippen LogP contribution in [0.4, 0.5) is 0 Å². The third-order valence-corrected chi connectivity index (χ3v) is 2.94. The number of ketones is 2. The van der Waals surface area contributed by atoms with Crippen LogP contribution in [0, 0.1) is 5.92 Å². The van der Waals surface area contributed by atoms with E-state index >= 15 is 0 Å². The molecular formula is C13H14O2. The number of hydrogen-bond donors (Lipinski definition) is 0. The van der Waals surface area contributed by atoms with Gasteiger partial charge in [-0.2, -0.15) is 0 Å². The third-order valence-electron chi connectivity index (χ3n) is 2.94. The van der Waals surface area contributed by atoms with Crippen molar-refractivity contribution >= 4 is 11.6 Å². The fourth-order valence-electron chi connectivity index (χ4n) is 2.12. The molecule has 0 aliphatic heterocycles. The van der Waals surface area contributed by atoms with Gasteiger partial charge >= 0.3 is 0 Å². The summed E-state index contributed by atoms with van der Waals surface area (Å²) in [7, 11) is 0. The van der Waals surface area contributed by atoms with Crippen LogP contribution in [-0.2, 0) is 4.79 Å². The van der Waals surface area contributed by atoms with Crippen LogP contribution in [0.3, 0.4) is 0 Å². The molecule has 1 aliphatic rings. The number of hydrogen-bond acceptors (Lipinski definition) is 2. The van der Waals surface area contributed by atoms with Crippen LogP contribution in [0.15, 0.2) is 24.3 Å². The van der Waals surface area contributed by atoms with Gasteiger partial charge in [-0.1, -0.05) is 38.1 Å². The lowest BCUT2D eigenvalue weighted by Crippen LogP contribution is -2.16. The molecule has 0 radical (unpaired) electrons. The zero-order valence-electron chi connectivity index (χ0n) is 8.99. The maximum absolute atomic E-state index is 11.9. The molecule has 2 heteroatoms. The fraction of sp³-hybridized carbons (Fsp3) is 0.385. The Balaban J connectivity index is 2.41. The Hall–Kier alpha value is -1.44. The van der Waals surface area contributed by atoms with Gasteiger partial charge in [-0.15, -0.1) is 0 Å². The van der Waals surface area contributed by atoms with E-state index in [1.165, 1.54) is 0 Å². The maximum atomic E-state index is 11.9. The molecule has 0 heterocycles. The molecule has 2 rings (SSSR count). The highest BCUT2D eigenvalue weighted by atomic mass is 16.1. The molecule has 1 aromatic carbocycles. The summed E-state index contributed by atoms with van der Waals surface area (Å²) in [4.78, 5) is 23.6. The molecule has 0 N–H and O–H groups in total. The molecular weight excluding hydrogens is 188 g/mol. The summed E-state index contributed by atoms with van der Waals surface area (Å²) in [6, 6.07) is 7.44. The van der Waals surface area contributed by atoms with Gasteiger partial charge in [0.25, 0.3) is 0 Å². The molecule has 0 bridgehead atoms. The number of Topliss-reactive ketones (excluding diaryl/α,β-unsaturated/α-hetero) is 2. The number of fused-ring (bicyclic) bond motifs is 1. The number of rotatable bonds is 2. The van der Waals surface area contributed by atoms with Crippen molar-refractivity contribution in [2.24, 2.45) is 5.92 Å². The minimum absolute atomic E-state index is 0.00560. The first-order chi connectivity index (χ1) is 7.11. The van der Waals surface area contributed by atoms with Gasteiger partial charge in [0.1, 0.15) is 5.78 Å². The highest BCUT2D eigenvalue weighted by Gasteiger charge is 2.34. The van der Waals surface area contributed by atoms with Crippen molar-refractivity contribution in [3.63, 3.8) is 0 Å². The van der Waals surface area contributed by atoms with Crippen molar-refractivity contribution in [1.29, 1.82) is 0 Å². The van der Waals surface area contributed by atoms with E-state index in [9.17, 15) is 9.59 Å². The number of benzene rings is 1. The van der Waals surface area contributed by atoms with E-state index in [1.54, 1.807) is 0 Å². The minimum Gasteiger partial charge on any atom is -0.299 e. The molecule has 15 heavy (non-hydrogen) atoms. The van der Waals surface area contributed by atoms with Crippen LogP contribution in [-0.4, -0.2) is 11.6 Å². The lowest BCUT2D eigenvalue weighted by Gasteiger charge is -2.11. The van der Waals surface area contributed by atoms with Gasteiger partial charge in [0.05, 0.1) is 5.92 Å².